The molecule has 4 rings (SSSR count). The molecule has 1 aliphatic heterocycles. The van der Waals surface area contributed by atoms with Crippen LogP contribution in [0.15, 0.2) is 54.6 Å². The average Bonchev–Trinajstić information content (AvgIpc) is 2.82. The van der Waals surface area contributed by atoms with Crippen molar-refractivity contribution in [3.63, 3.8) is 0 Å². The fourth-order valence-corrected chi connectivity index (χ4v) is 4.41. The summed E-state index contributed by atoms with van der Waals surface area (Å²) in [6, 6.07) is 14.3. The van der Waals surface area contributed by atoms with Crippen molar-refractivity contribution >= 4 is 17.5 Å². The summed E-state index contributed by atoms with van der Waals surface area (Å²) >= 11 is 6.47. The van der Waals surface area contributed by atoms with Crippen molar-refractivity contribution in [2.75, 3.05) is 27.9 Å². The van der Waals surface area contributed by atoms with Crippen molar-refractivity contribution in [1.29, 1.82) is 0 Å². The maximum atomic E-state index is 15.1. The van der Waals surface area contributed by atoms with E-state index in [9.17, 15) is 4.79 Å². The Hall–Kier alpha value is -3.25. The third-order valence-electron chi connectivity index (χ3n) is 5.74. The standard InChI is InChI=1S/C25H23ClFNO4/c1-30-17-9-7-15(8-10-17)25(29)28-12-11-16-13-21(31-2)22(32-3)14-18(16)24(28)23-19(26)5-4-6-20(23)27/h4-10,13-14,24H,11-12H2,1-3H3. The van der Waals surface area contributed by atoms with Crippen LogP contribution in [0.1, 0.15) is 33.1 Å². The summed E-state index contributed by atoms with van der Waals surface area (Å²) in [7, 11) is 4.67. The first-order chi connectivity index (χ1) is 15.5. The van der Waals surface area contributed by atoms with Gasteiger partial charge in [-0.1, -0.05) is 17.7 Å². The van der Waals surface area contributed by atoms with Crippen molar-refractivity contribution < 1.29 is 23.4 Å². The molecule has 32 heavy (non-hydrogen) atoms. The fourth-order valence-electron chi connectivity index (χ4n) is 4.15. The van der Waals surface area contributed by atoms with Gasteiger partial charge in [-0.05, 0) is 66.1 Å². The van der Waals surface area contributed by atoms with Crippen molar-refractivity contribution in [3.05, 3.63) is 87.7 Å². The van der Waals surface area contributed by atoms with E-state index in [1.54, 1.807) is 68.7 Å². The van der Waals surface area contributed by atoms with Crippen LogP contribution in [0.5, 0.6) is 17.2 Å². The third-order valence-corrected chi connectivity index (χ3v) is 6.07. The Morgan fingerprint density at radius 2 is 1.69 bits per heavy atom. The third kappa shape index (κ3) is 3.86. The van der Waals surface area contributed by atoms with E-state index in [2.05, 4.69) is 0 Å². The van der Waals surface area contributed by atoms with E-state index in [0.717, 1.165) is 11.1 Å². The Labute approximate surface area is 191 Å². The molecule has 3 aromatic carbocycles. The number of benzene rings is 3. The average molecular weight is 456 g/mol. The number of halogens is 2. The molecule has 3 aromatic rings. The van der Waals surface area contributed by atoms with E-state index in [-0.39, 0.29) is 16.5 Å². The van der Waals surface area contributed by atoms with Gasteiger partial charge in [0.05, 0.1) is 27.4 Å². The van der Waals surface area contributed by atoms with Crippen molar-refractivity contribution in [1.82, 2.24) is 4.90 Å². The fraction of sp³-hybridized carbons (Fsp3) is 0.240. The highest BCUT2D eigenvalue weighted by Crippen LogP contribution is 2.44. The highest BCUT2D eigenvalue weighted by Gasteiger charge is 2.36. The SMILES string of the molecule is COc1ccc(C(=O)N2CCc3cc(OC)c(OC)cc3C2c2c(F)cccc2Cl)cc1. The number of ether oxygens (including phenoxy) is 3. The smallest absolute Gasteiger partial charge is 0.254 e. The molecule has 1 aliphatic rings. The zero-order valence-electron chi connectivity index (χ0n) is 18.0. The lowest BCUT2D eigenvalue weighted by Gasteiger charge is -2.38. The number of methoxy groups -OCH3 is 3. The van der Waals surface area contributed by atoms with Crippen LogP contribution in [-0.2, 0) is 6.42 Å². The minimum Gasteiger partial charge on any atom is -0.497 e. The zero-order valence-corrected chi connectivity index (χ0v) is 18.8. The van der Waals surface area contributed by atoms with Gasteiger partial charge >= 0.3 is 0 Å². The second kappa shape index (κ2) is 9.09. The molecule has 0 aliphatic carbocycles. The first-order valence-corrected chi connectivity index (χ1v) is 10.5. The van der Waals surface area contributed by atoms with E-state index in [0.29, 0.717) is 35.8 Å². The summed E-state index contributed by atoms with van der Waals surface area (Å²) in [6.45, 7) is 0.392. The maximum absolute atomic E-state index is 15.1. The number of carbonyl (C=O) groups excluding carboxylic acids is 1. The molecule has 5 nitrogen and oxygen atoms in total. The topological polar surface area (TPSA) is 48.0 Å². The summed E-state index contributed by atoms with van der Waals surface area (Å²) in [5.41, 5.74) is 2.44. The lowest BCUT2D eigenvalue weighted by atomic mass is 9.87. The van der Waals surface area contributed by atoms with Crippen LogP contribution in [0.2, 0.25) is 5.02 Å². The molecule has 1 amide bonds. The van der Waals surface area contributed by atoms with Gasteiger partial charge in [0.15, 0.2) is 11.5 Å². The summed E-state index contributed by atoms with van der Waals surface area (Å²) in [5.74, 6) is 1.04. The Bertz CT molecular complexity index is 1130. The predicted molar refractivity (Wildman–Crippen MR) is 121 cm³/mol. The quantitative estimate of drug-likeness (QED) is 0.524. The minimum atomic E-state index is -0.721. The van der Waals surface area contributed by atoms with Crippen LogP contribution in [0, 0.1) is 5.82 Å². The van der Waals surface area contributed by atoms with Gasteiger partial charge in [0.1, 0.15) is 11.6 Å². The molecule has 0 fully saturated rings. The van der Waals surface area contributed by atoms with Crippen LogP contribution in [0.25, 0.3) is 0 Å². The van der Waals surface area contributed by atoms with Crippen molar-refractivity contribution in [2.45, 2.75) is 12.5 Å². The molecule has 0 saturated heterocycles. The summed E-state index contributed by atoms with van der Waals surface area (Å²) in [4.78, 5) is 15.2. The van der Waals surface area contributed by atoms with E-state index < -0.39 is 11.9 Å². The van der Waals surface area contributed by atoms with Gasteiger partial charge in [-0.3, -0.25) is 4.79 Å². The lowest BCUT2D eigenvalue weighted by molar-refractivity contribution is 0.0691. The van der Waals surface area contributed by atoms with Gasteiger partial charge in [0.2, 0.25) is 0 Å². The number of hydrogen-bond donors (Lipinski definition) is 0. The van der Waals surface area contributed by atoms with E-state index in [1.165, 1.54) is 6.07 Å². The molecule has 0 bridgehead atoms. The van der Waals surface area contributed by atoms with E-state index in [4.69, 9.17) is 25.8 Å². The molecule has 0 aromatic heterocycles. The van der Waals surface area contributed by atoms with Gasteiger partial charge < -0.3 is 19.1 Å². The normalized spacial score (nSPS) is 15.2. The molecule has 1 heterocycles. The molecule has 166 valence electrons. The molecule has 1 unspecified atom stereocenters. The van der Waals surface area contributed by atoms with Crippen LogP contribution < -0.4 is 14.2 Å². The Balaban J connectivity index is 1.88. The second-order valence-electron chi connectivity index (χ2n) is 7.42. The maximum Gasteiger partial charge on any atom is 0.254 e. The van der Waals surface area contributed by atoms with Crippen molar-refractivity contribution in [3.8, 4) is 17.2 Å². The molecule has 0 N–H and O–H groups in total. The first-order valence-electron chi connectivity index (χ1n) is 10.1. The van der Waals surface area contributed by atoms with Crippen LogP contribution in [0.3, 0.4) is 0 Å². The number of fused-ring (bicyclic) bond motifs is 1. The Kier molecular flexibility index (Phi) is 6.24. The summed E-state index contributed by atoms with van der Waals surface area (Å²) in [5, 5.41) is 0.255. The van der Waals surface area contributed by atoms with E-state index in [1.807, 2.05) is 6.07 Å². The Morgan fingerprint density at radius 3 is 2.31 bits per heavy atom. The molecule has 0 spiro atoms. The molecule has 0 radical (unpaired) electrons. The second-order valence-corrected chi connectivity index (χ2v) is 7.83. The van der Waals surface area contributed by atoms with Crippen LogP contribution >= 0.6 is 11.6 Å². The van der Waals surface area contributed by atoms with Gasteiger partial charge in [-0.2, -0.15) is 0 Å². The monoisotopic (exact) mass is 455 g/mol. The number of carbonyl (C=O) groups is 1. The highest BCUT2D eigenvalue weighted by atomic mass is 35.5. The first kappa shape index (κ1) is 22.0. The zero-order chi connectivity index (χ0) is 22.8. The lowest BCUT2D eigenvalue weighted by Crippen LogP contribution is -2.41. The molecule has 7 heteroatoms. The number of nitrogens with zero attached hydrogens (tertiary/aromatic N) is 1. The predicted octanol–water partition coefficient (Wildman–Crippen LogP) is 5.29. The number of hydrogen-bond acceptors (Lipinski definition) is 4. The molecule has 1 atom stereocenters. The van der Waals surface area contributed by atoms with Gasteiger partial charge in [0, 0.05) is 22.7 Å². The van der Waals surface area contributed by atoms with Gasteiger partial charge in [-0.15, -0.1) is 0 Å². The van der Waals surface area contributed by atoms with Crippen molar-refractivity contribution in [2.24, 2.45) is 0 Å². The van der Waals surface area contributed by atoms with Gasteiger partial charge in [0.25, 0.3) is 5.91 Å². The van der Waals surface area contributed by atoms with E-state index >= 15 is 4.39 Å². The molecule has 0 saturated carbocycles. The molecular weight excluding hydrogens is 433 g/mol. The minimum absolute atomic E-state index is 0.225. The van der Waals surface area contributed by atoms with Crippen LogP contribution in [-0.4, -0.2) is 38.7 Å². The van der Waals surface area contributed by atoms with Crippen LogP contribution in [0.4, 0.5) is 4.39 Å². The highest BCUT2D eigenvalue weighted by molar-refractivity contribution is 6.31. The number of amides is 1. The van der Waals surface area contributed by atoms with Gasteiger partial charge in [-0.25, -0.2) is 4.39 Å². The largest absolute Gasteiger partial charge is 0.497 e. The summed E-state index contributed by atoms with van der Waals surface area (Å²) < 4.78 is 31.2. The number of rotatable bonds is 5. The molecular formula is C25H23ClFNO4. The summed E-state index contributed by atoms with van der Waals surface area (Å²) in [6.07, 6.45) is 0.583. The Morgan fingerprint density at radius 1 is 1.00 bits per heavy atom.